The van der Waals surface area contributed by atoms with Gasteiger partial charge >= 0.3 is 0 Å². The molecule has 66 valence electrons. The van der Waals surface area contributed by atoms with E-state index in [-0.39, 0.29) is 5.92 Å². The highest BCUT2D eigenvalue weighted by atomic mass is 16.8. The lowest BCUT2D eigenvalue weighted by Gasteiger charge is -2.10. The monoisotopic (exact) mass is 176 g/mol. The molecule has 1 heterocycles. The Morgan fingerprint density at radius 1 is 1.31 bits per heavy atom. The normalized spacial score (nSPS) is 21.2. The summed E-state index contributed by atoms with van der Waals surface area (Å²) in [6.07, 6.45) is 3.26. The molecule has 0 radical (unpaired) electrons. The zero-order valence-corrected chi connectivity index (χ0v) is 7.09. The summed E-state index contributed by atoms with van der Waals surface area (Å²) in [6, 6.07) is 9.98. The quantitative estimate of drug-likeness (QED) is 0.655. The Morgan fingerprint density at radius 3 is 2.69 bits per heavy atom. The largest absolute Gasteiger partial charge is 0.278 e. The molecule has 0 spiro atoms. The van der Waals surface area contributed by atoms with Gasteiger partial charge in [-0.1, -0.05) is 30.3 Å². The van der Waals surface area contributed by atoms with Crippen LogP contribution in [0.15, 0.2) is 42.6 Å². The van der Waals surface area contributed by atoms with Gasteiger partial charge in [0, 0.05) is 12.0 Å². The molecule has 1 aromatic carbocycles. The number of hydrogen-bond donors (Lipinski definition) is 0. The SMILES string of the molecule is O=[N+]1C=C[C@@H](c2ccccc2)CO1. The highest BCUT2D eigenvalue weighted by Crippen LogP contribution is 2.19. The van der Waals surface area contributed by atoms with Crippen LogP contribution in [0.25, 0.3) is 0 Å². The minimum absolute atomic E-state index is 0.200. The van der Waals surface area contributed by atoms with Crippen LogP contribution in [-0.4, -0.2) is 11.5 Å². The number of hydrogen-bond acceptors (Lipinski definition) is 2. The summed E-state index contributed by atoms with van der Waals surface area (Å²) < 4.78 is 0. The molecule has 1 atom stereocenters. The van der Waals surface area contributed by atoms with E-state index in [1.54, 1.807) is 0 Å². The van der Waals surface area contributed by atoms with Crippen molar-refractivity contribution >= 4 is 0 Å². The summed E-state index contributed by atoms with van der Waals surface area (Å²) in [5.41, 5.74) is 1.17. The summed E-state index contributed by atoms with van der Waals surface area (Å²) >= 11 is 0. The van der Waals surface area contributed by atoms with Gasteiger partial charge in [-0.2, -0.15) is 0 Å². The lowest BCUT2D eigenvalue weighted by Crippen LogP contribution is -2.15. The van der Waals surface area contributed by atoms with E-state index < -0.39 is 0 Å². The fraction of sp³-hybridized carbons (Fsp3) is 0.200. The maximum atomic E-state index is 10.6. The molecule has 0 bridgehead atoms. The van der Waals surface area contributed by atoms with E-state index in [0.29, 0.717) is 11.5 Å². The van der Waals surface area contributed by atoms with Crippen molar-refractivity contribution < 1.29 is 9.76 Å². The average molecular weight is 176 g/mol. The zero-order valence-electron chi connectivity index (χ0n) is 7.09. The van der Waals surface area contributed by atoms with Crippen molar-refractivity contribution in [2.45, 2.75) is 5.92 Å². The smallest absolute Gasteiger partial charge is 0.226 e. The third-order valence-electron chi connectivity index (χ3n) is 2.05. The van der Waals surface area contributed by atoms with Gasteiger partial charge in [0.05, 0.1) is 4.91 Å². The molecule has 0 fully saturated rings. The number of rotatable bonds is 1. The highest BCUT2D eigenvalue weighted by molar-refractivity contribution is 5.23. The fourth-order valence-corrected chi connectivity index (χ4v) is 1.33. The summed E-state index contributed by atoms with van der Waals surface area (Å²) in [6.45, 7) is 0.421. The lowest BCUT2D eigenvalue weighted by molar-refractivity contribution is -0.761. The molecule has 1 aliphatic heterocycles. The molecule has 1 aliphatic rings. The Morgan fingerprint density at radius 2 is 2.08 bits per heavy atom. The summed E-state index contributed by atoms with van der Waals surface area (Å²) in [5, 5.41) is 0. The molecule has 0 aromatic heterocycles. The second-order valence-corrected chi connectivity index (χ2v) is 2.94. The molecule has 0 N–H and O–H groups in total. The Bertz CT molecular complexity index is 332. The third-order valence-corrected chi connectivity index (χ3v) is 2.05. The van der Waals surface area contributed by atoms with Crippen molar-refractivity contribution in [1.29, 1.82) is 0 Å². The lowest BCUT2D eigenvalue weighted by atomic mass is 10.00. The van der Waals surface area contributed by atoms with Gasteiger partial charge < -0.3 is 0 Å². The van der Waals surface area contributed by atoms with Gasteiger partial charge in [0.15, 0.2) is 6.61 Å². The fourth-order valence-electron chi connectivity index (χ4n) is 1.33. The van der Waals surface area contributed by atoms with Gasteiger partial charge in [0.25, 0.3) is 11.1 Å². The van der Waals surface area contributed by atoms with Gasteiger partial charge in [-0.15, -0.1) is 0 Å². The summed E-state index contributed by atoms with van der Waals surface area (Å²) in [5.74, 6) is 0.200. The molecular weight excluding hydrogens is 166 g/mol. The van der Waals surface area contributed by atoms with Crippen LogP contribution in [-0.2, 0) is 4.84 Å². The molecule has 0 saturated carbocycles. The standard InChI is InChI=1S/C10H10NO2/c12-11-7-6-10(8-13-11)9-4-2-1-3-5-9/h1-7,10H,8H2/q+1/t10-/m1/s1. The molecule has 1 aromatic rings. The Labute approximate surface area is 76.2 Å². The minimum atomic E-state index is 0.200. The second-order valence-electron chi connectivity index (χ2n) is 2.94. The maximum Gasteiger partial charge on any atom is 0.278 e. The average Bonchev–Trinajstić information content (AvgIpc) is 2.20. The third kappa shape index (κ3) is 1.75. The number of benzene rings is 1. The Hall–Kier alpha value is -1.64. The second kappa shape index (κ2) is 3.39. The predicted octanol–water partition coefficient (Wildman–Crippen LogP) is 2.01. The van der Waals surface area contributed by atoms with Crippen molar-refractivity contribution in [1.82, 2.24) is 0 Å². The number of nitrogens with zero attached hydrogens (tertiary/aromatic N) is 1. The summed E-state index contributed by atoms with van der Waals surface area (Å²) in [4.78, 5) is 16.0. The van der Waals surface area contributed by atoms with Crippen molar-refractivity contribution in [2.75, 3.05) is 6.61 Å². The van der Waals surface area contributed by atoms with Gasteiger partial charge in [-0.25, -0.2) is 4.84 Å². The van der Waals surface area contributed by atoms with Crippen LogP contribution in [0.2, 0.25) is 0 Å². The minimum Gasteiger partial charge on any atom is -0.226 e. The first-order valence-corrected chi connectivity index (χ1v) is 4.19. The van der Waals surface area contributed by atoms with E-state index in [9.17, 15) is 4.91 Å². The topological polar surface area (TPSA) is 29.3 Å². The molecule has 0 saturated heterocycles. The van der Waals surface area contributed by atoms with Crippen LogP contribution in [0.3, 0.4) is 0 Å². The van der Waals surface area contributed by atoms with Gasteiger partial charge in [0.2, 0.25) is 0 Å². The Balaban J connectivity index is 2.20. The van der Waals surface area contributed by atoms with Crippen LogP contribution in [0.1, 0.15) is 11.5 Å². The first-order valence-electron chi connectivity index (χ1n) is 4.19. The highest BCUT2D eigenvalue weighted by Gasteiger charge is 2.20. The zero-order chi connectivity index (χ0) is 9.10. The van der Waals surface area contributed by atoms with E-state index in [2.05, 4.69) is 0 Å². The molecule has 2 rings (SSSR count). The first kappa shape index (κ1) is 7.98. The molecule has 0 aliphatic carbocycles. The molecule has 3 heteroatoms. The predicted molar refractivity (Wildman–Crippen MR) is 47.9 cm³/mol. The molecule has 13 heavy (non-hydrogen) atoms. The van der Waals surface area contributed by atoms with Crippen molar-refractivity contribution in [3.05, 3.63) is 53.1 Å². The van der Waals surface area contributed by atoms with Crippen LogP contribution >= 0.6 is 0 Å². The molecular formula is C10H10NO2+. The van der Waals surface area contributed by atoms with Crippen molar-refractivity contribution in [3.63, 3.8) is 0 Å². The van der Waals surface area contributed by atoms with Crippen molar-refractivity contribution in [3.8, 4) is 0 Å². The molecule has 3 nitrogen and oxygen atoms in total. The van der Waals surface area contributed by atoms with Crippen LogP contribution in [0, 0.1) is 4.91 Å². The van der Waals surface area contributed by atoms with E-state index in [4.69, 9.17) is 4.84 Å². The molecule has 0 amide bonds. The van der Waals surface area contributed by atoms with E-state index in [1.165, 1.54) is 11.8 Å². The van der Waals surface area contributed by atoms with E-state index in [0.717, 1.165) is 0 Å². The van der Waals surface area contributed by atoms with Crippen LogP contribution in [0.4, 0.5) is 0 Å². The van der Waals surface area contributed by atoms with Gasteiger partial charge in [-0.3, -0.25) is 0 Å². The first-order chi connectivity index (χ1) is 6.36. The van der Waals surface area contributed by atoms with Gasteiger partial charge in [-0.05, 0) is 5.56 Å². The summed E-state index contributed by atoms with van der Waals surface area (Å²) in [7, 11) is 0. The molecule has 0 unspecified atom stereocenters. The van der Waals surface area contributed by atoms with Gasteiger partial charge in [0.1, 0.15) is 0 Å². The van der Waals surface area contributed by atoms with Crippen LogP contribution in [0.5, 0.6) is 0 Å². The Kier molecular flexibility index (Phi) is 2.08. The maximum absolute atomic E-state index is 10.6. The van der Waals surface area contributed by atoms with Crippen LogP contribution < -0.4 is 0 Å². The van der Waals surface area contributed by atoms with E-state index >= 15 is 0 Å². The van der Waals surface area contributed by atoms with Crippen molar-refractivity contribution in [2.24, 2.45) is 0 Å². The van der Waals surface area contributed by atoms with E-state index in [1.807, 2.05) is 36.4 Å².